The molecule has 0 aliphatic rings. The zero-order valence-electron chi connectivity index (χ0n) is 42.5. The highest BCUT2D eigenvalue weighted by atomic mass is 28.3. The van der Waals surface area contributed by atoms with Gasteiger partial charge in [-0.25, -0.2) is 0 Å². The lowest BCUT2D eigenvalue weighted by Crippen LogP contribution is -2.16. The minimum atomic E-state index is -1.27. The zero-order valence-corrected chi connectivity index (χ0v) is 44.5. The van der Waals surface area contributed by atoms with Gasteiger partial charge in [0.15, 0.2) is 0 Å². The highest BCUT2D eigenvalue weighted by Crippen LogP contribution is 1.97. The molecule has 2 aromatic carbocycles. The van der Waals surface area contributed by atoms with Crippen LogP contribution in [-0.4, -0.2) is 122 Å². The third kappa shape index (κ3) is 59.3. The van der Waals surface area contributed by atoms with E-state index in [1.54, 1.807) is 13.8 Å². The highest BCUT2D eigenvalue weighted by Gasteiger charge is 2.07. The molecule has 2 aromatic rings. The first kappa shape index (κ1) is 65.4. The molecule has 0 aliphatic carbocycles. The molecule has 0 amide bonds. The maximum Gasteiger partial charge on any atom is 0.129 e. The predicted molar refractivity (Wildman–Crippen MR) is 291 cm³/mol. The standard InChI is InChI=1S/C22H18O2.C16H26O2Si2.C12H14O2.C10H10O2/c1-3-11-21(12-4-1)15-9-19-23-17-7-8-18-24-20-10-16-22-13-5-2-6-14-22;1-19(2,3)15-9-13-17-11-7-8-12-18-14-10-16-20(4,5)6;1-3-5-9-13-11-7-8-12-14-10-6-4-2;1-3-7-11-9-5-6-10-12-8-4-2/h1-6,11-14H,17-20H2;11-14H2,1-6H3;9-12H2,1-2H3;1-2H,7-10H2. The Bertz CT molecular complexity index is 2260. The lowest BCUT2D eigenvalue weighted by Gasteiger charge is -2.03. The molecular formula is C60H68O8Si2. The van der Waals surface area contributed by atoms with Gasteiger partial charge in [0.05, 0.1) is 0 Å². The Morgan fingerprint density at radius 3 is 0.786 bits per heavy atom. The molecule has 364 valence electrons. The van der Waals surface area contributed by atoms with Gasteiger partial charge in [-0.15, -0.1) is 35.8 Å². The fourth-order valence-electron chi connectivity index (χ4n) is 3.71. The molecule has 10 heteroatoms. The number of rotatable bonds is 16. The lowest BCUT2D eigenvalue weighted by molar-refractivity contribution is 0.198. The van der Waals surface area contributed by atoms with Crippen LogP contribution in [0, 0.1) is 142 Å². The van der Waals surface area contributed by atoms with Crippen LogP contribution in [0.4, 0.5) is 0 Å². The normalized spacial score (nSPS) is 8.77. The summed E-state index contributed by atoms with van der Waals surface area (Å²) >= 11 is 0. The Kier molecular flexibility index (Phi) is 48.2. The van der Waals surface area contributed by atoms with Crippen molar-refractivity contribution in [3.8, 4) is 142 Å². The third-order valence-electron chi connectivity index (χ3n) is 6.60. The summed E-state index contributed by atoms with van der Waals surface area (Å²) in [6.45, 7) is 22.9. The number of benzene rings is 2. The van der Waals surface area contributed by atoms with Crippen LogP contribution in [0.2, 0.25) is 39.3 Å². The topological polar surface area (TPSA) is 73.8 Å². The molecule has 0 unspecified atom stereocenters. The van der Waals surface area contributed by atoms with Gasteiger partial charge in [0, 0.05) is 11.1 Å². The largest absolute Gasteiger partial charge is 0.356 e. The van der Waals surface area contributed by atoms with Gasteiger partial charge in [-0.3, -0.25) is 0 Å². The van der Waals surface area contributed by atoms with Gasteiger partial charge < -0.3 is 37.9 Å². The van der Waals surface area contributed by atoms with E-state index in [9.17, 15) is 0 Å². The number of terminal acetylenes is 2. The third-order valence-corrected chi connectivity index (χ3v) is 8.46. The first-order valence-corrected chi connectivity index (χ1v) is 29.2. The molecule has 0 N–H and O–H groups in total. The van der Waals surface area contributed by atoms with Crippen molar-refractivity contribution >= 4 is 16.1 Å². The van der Waals surface area contributed by atoms with Crippen LogP contribution in [0.15, 0.2) is 60.7 Å². The summed E-state index contributed by atoms with van der Waals surface area (Å²) in [5.41, 5.74) is 8.44. The van der Waals surface area contributed by atoms with Crippen molar-refractivity contribution in [1.82, 2.24) is 0 Å². The van der Waals surface area contributed by atoms with Gasteiger partial charge in [-0.05, 0) is 38.1 Å². The van der Waals surface area contributed by atoms with Crippen LogP contribution in [0.5, 0.6) is 0 Å². The van der Waals surface area contributed by atoms with Gasteiger partial charge in [0.25, 0.3) is 0 Å². The van der Waals surface area contributed by atoms with E-state index in [2.05, 4.69) is 169 Å². The van der Waals surface area contributed by atoms with Gasteiger partial charge in [0.1, 0.15) is 122 Å². The van der Waals surface area contributed by atoms with Crippen molar-refractivity contribution in [2.75, 3.05) is 106 Å². The summed E-state index contributed by atoms with van der Waals surface area (Å²) < 4.78 is 41.1. The summed E-state index contributed by atoms with van der Waals surface area (Å²) in [4.78, 5) is 0. The molecule has 0 fully saturated rings. The van der Waals surface area contributed by atoms with E-state index in [0.717, 1.165) is 11.1 Å². The van der Waals surface area contributed by atoms with Crippen LogP contribution in [0.3, 0.4) is 0 Å². The average molecular weight is 973 g/mol. The fourth-order valence-corrected chi connectivity index (χ4v) is 4.92. The first-order chi connectivity index (χ1) is 34.0. The molecule has 0 aliphatic heterocycles. The van der Waals surface area contributed by atoms with E-state index in [4.69, 9.17) is 50.7 Å². The van der Waals surface area contributed by atoms with E-state index in [0.29, 0.717) is 106 Å². The van der Waals surface area contributed by atoms with E-state index < -0.39 is 16.1 Å². The molecular weight excluding hydrogens is 905 g/mol. The summed E-state index contributed by atoms with van der Waals surface area (Å²) in [6.07, 6.45) is 9.88. The smallest absolute Gasteiger partial charge is 0.129 e. The van der Waals surface area contributed by atoms with Gasteiger partial charge in [-0.1, -0.05) is 182 Å². The van der Waals surface area contributed by atoms with Crippen LogP contribution >= 0.6 is 0 Å². The Labute approximate surface area is 425 Å². The summed E-state index contributed by atoms with van der Waals surface area (Å²) in [7, 11) is -2.54. The second-order valence-corrected chi connectivity index (χ2v) is 24.6. The van der Waals surface area contributed by atoms with Gasteiger partial charge in [-0.2, -0.15) is 0 Å². The Balaban J connectivity index is 0. The van der Waals surface area contributed by atoms with Crippen molar-refractivity contribution in [1.29, 1.82) is 0 Å². The van der Waals surface area contributed by atoms with Crippen LogP contribution in [0.1, 0.15) is 25.0 Å². The molecule has 0 spiro atoms. The van der Waals surface area contributed by atoms with Gasteiger partial charge in [0.2, 0.25) is 0 Å². The van der Waals surface area contributed by atoms with Crippen LogP contribution in [0.25, 0.3) is 0 Å². The number of hydrogen-bond acceptors (Lipinski definition) is 8. The van der Waals surface area contributed by atoms with Crippen molar-refractivity contribution in [3.05, 3.63) is 71.8 Å². The maximum atomic E-state index is 5.31. The predicted octanol–water partition coefficient (Wildman–Crippen LogP) is 7.27. The maximum absolute atomic E-state index is 5.31. The summed E-state index contributed by atoms with van der Waals surface area (Å²) in [6, 6.07) is 19.6. The second kappa shape index (κ2) is 51.7. The van der Waals surface area contributed by atoms with E-state index in [1.165, 1.54) is 0 Å². The monoisotopic (exact) mass is 972 g/mol. The summed E-state index contributed by atoms with van der Waals surface area (Å²) in [5.74, 6) is 56.3. The van der Waals surface area contributed by atoms with Crippen molar-refractivity contribution in [2.24, 2.45) is 0 Å². The molecule has 0 aromatic heterocycles. The molecule has 2 rings (SSSR count). The number of ether oxygens (including phenoxy) is 8. The molecule has 0 heterocycles. The van der Waals surface area contributed by atoms with Crippen LogP contribution < -0.4 is 0 Å². The molecule has 0 saturated heterocycles. The molecule has 0 saturated carbocycles. The summed E-state index contributed by atoms with van der Waals surface area (Å²) in [5, 5.41) is 0. The first-order valence-electron chi connectivity index (χ1n) is 22.2. The molecule has 70 heavy (non-hydrogen) atoms. The minimum absolute atomic E-state index is 0.292. The average Bonchev–Trinajstić information content (AvgIpc) is 3.34. The Morgan fingerprint density at radius 1 is 0.314 bits per heavy atom. The second-order valence-electron chi connectivity index (χ2n) is 15.1. The molecule has 0 atom stereocenters. The molecule has 0 radical (unpaired) electrons. The van der Waals surface area contributed by atoms with Crippen molar-refractivity contribution < 1.29 is 37.9 Å². The lowest BCUT2D eigenvalue weighted by atomic mass is 10.2. The Morgan fingerprint density at radius 2 is 0.543 bits per heavy atom. The molecule has 0 bridgehead atoms. The van der Waals surface area contributed by atoms with E-state index in [1.807, 2.05) is 60.7 Å². The molecule has 8 nitrogen and oxygen atoms in total. The van der Waals surface area contributed by atoms with Crippen LogP contribution in [-0.2, 0) is 37.9 Å². The number of hydrogen-bond donors (Lipinski definition) is 0. The van der Waals surface area contributed by atoms with E-state index in [-0.39, 0.29) is 0 Å². The van der Waals surface area contributed by atoms with Gasteiger partial charge >= 0.3 is 0 Å². The fraction of sp³-hybridized carbons (Fsp3) is 0.400. The Hall–Kier alpha value is -6.73. The highest BCUT2D eigenvalue weighted by molar-refractivity contribution is 6.84. The van der Waals surface area contributed by atoms with Crippen molar-refractivity contribution in [2.45, 2.75) is 53.1 Å². The minimum Gasteiger partial charge on any atom is -0.356 e. The van der Waals surface area contributed by atoms with Crippen molar-refractivity contribution in [3.63, 3.8) is 0 Å². The SMILES string of the molecule is C#CCOCC#CCOCC#C.C(#CCOCC#Cc1ccccc1)COCC#Cc1ccccc1.CC#CCOCC#CCOCC#CC.C[Si](C)(C)C#CCOCC#CCOCC#C[Si](C)(C)C. The van der Waals surface area contributed by atoms with E-state index >= 15 is 0 Å². The quantitative estimate of drug-likeness (QED) is 0.0990. The zero-order chi connectivity index (χ0) is 51.8.